The molecule has 2 heteroatoms. The highest BCUT2D eigenvalue weighted by molar-refractivity contribution is 5.81. The molecule has 0 N–H and O–H groups in total. The van der Waals surface area contributed by atoms with Gasteiger partial charge in [0.15, 0.2) is 0 Å². The molecule has 0 aliphatic rings. The van der Waals surface area contributed by atoms with Gasteiger partial charge in [-0.25, -0.2) is 4.79 Å². The zero-order chi connectivity index (χ0) is 8.69. The van der Waals surface area contributed by atoms with Crippen LogP contribution in [0.5, 0.6) is 0 Å². The zero-order valence-electron chi connectivity index (χ0n) is 7.22. The normalized spacial score (nSPS) is 9.73. The molecule has 0 aromatic carbocycles. The molecule has 0 aliphatic carbocycles. The van der Waals surface area contributed by atoms with Gasteiger partial charge in [0.1, 0.15) is 0 Å². The summed E-state index contributed by atoms with van der Waals surface area (Å²) in [4.78, 5) is 10.5. The van der Waals surface area contributed by atoms with E-state index in [4.69, 9.17) is 4.74 Å². The first-order valence-corrected chi connectivity index (χ1v) is 3.81. The van der Waals surface area contributed by atoms with E-state index < -0.39 is 0 Å². The standard InChI is InChI=1S/C9H15O2/c1-4-8(3)6-7-11-9(10)5-2/h5H,2,4,6-7H2,1,3H3. The molecule has 0 heterocycles. The Kier molecular flexibility index (Phi) is 5.53. The Hall–Kier alpha value is -0.790. The minimum absolute atomic E-state index is 0.339. The van der Waals surface area contributed by atoms with Crippen LogP contribution in [0.25, 0.3) is 0 Å². The highest BCUT2D eigenvalue weighted by Gasteiger charge is 2.00. The van der Waals surface area contributed by atoms with Crippen molar-refractivity contribution < 1.29 is 9.53 Å². The van der Waals surface area contributed by atoms with Crippen molar-refractivity contribution in [1.29, 1.82) is 0 Å². The van der Waals surface area contributed by atoms with Gasteiger partial charge in [-0.05, 0) is 12.3 Å². The molecule has 0 fully saturated rings. The fourth-order valence-corrected chi connectivity index (χ4v) is 0.562. The molecule has 11 heavy (non-hydrogen) atoms. The Morgan fingerprint density at radius 3 is 2.73 bits per heavy atom. The third kappa shape index (κ3) is 5.64. The summed E-state index contributed by atoms with van der Waals surface area (Å²) in [5.41, 5.74) is 0. The Morgan fingerprint density at radius 2 is 2.27 bits per heavy atom. The van der Waals surface area contributed by atoms with Crippen LogP contribution in [0.1, 0.15) is 26.7 Å². The third-order valence-electron chi connectivity index (χ3n) is 1.54. The Bertz CT molecular complexity index is 130. The minimum atomic E-state index is -0.339. The zero-order valence-corrected chi connectivity index (χ0v) is 7.22. The van der Waals surface area contributed by atoms with Gasteiger partial charge in [-0.1, -0.05) is 26.8 Å². The molecule has 0 aromatic heterocycles. The van der Waals surface area contributed by atoms with Gasteiger partial charge in [-0.3, -0.25) is 0 Å². The van der Waals surface area contributed by atoms with Crippen LogP contribution < -0.4 is 0 Å². The van der Waals surface area contributed by atoms with Crippen LogP contribution in [-0.4, -0.2) is 12.6 Å². The lowest BCUT2D eigenvalue weighted by atomic mass is 10.1. The van der Waals surface area contributed by atoms with E-state index >= 15 is 0 Å². The van der Waals surface area contributed by atoms with Gasteiger partial charge in [-0.15, -0.1) is 0 Å². The second-order valence-electron chi connectivity index (χ2n) is 2.43. The highest BCUT2D eigenvalue weighted by atomic mass is 16.5. The van der Waals surface area contributed by atoms with Crippen LogP contribution in [-0.2, 0) is 9.53 Å². The fraction of sp³-hybridized carbons (Fsp3) is 0.556. The van der Waals surface area contributed by atoms with Crippen LogP contribution in [0.4, 0.5) is 0 Å². The molecule has 0 bridgehead atoms. The maximum absolute atomic E-state index is 10.5. The van der Waals surface area contributed by atoms with Crippen molar-refractivity contribution in [3.8, 4) is 0 Å². The van der Waals surface area contributed by atoms with E-state index in [1.807, 2.05) is 0 Å². The molecule has 1 radical (unpaired) electrons. The molecule has 2 nitrogen and oxygen atoms in total. The predicted molar refractivity (Wildman–Crippen MR) is 45.0 cm³/mol. The molecular weight excluding hydrogens is 140 g/mol. The van der Waals surface area contributed by atoms with Gasteiger partial charge in [0, 0.05) is 6.08 Å². The van der Waals surface area contributed by atoms with E-state index in [1.54, 1.807) is 0 Å². The average molecular weight is 155 g/mol. The van der Waals surface area contributed by atoms with E-state index in [-0.39, 0.29) is 5.97 Å². The van der Waals surface area contributed by atoms with Crippen molar-refractivity contribution in [3.63, 3.8) is 0 Å². The molecule has 0 rings (SSSR count). The minimum Gasteiger partial charge on any atom is -0.463 e. The summed E-state index contributed by atoms with van der Waals surface area (Å²) in [7, 11) is 0. The van der Waals surface area contributed by atoms with E-state index in [2.05, 4.69) is 20.4 Å². The van der Waals surface area contributed by atoms with E-state index in [9.17, 15) is 4.79 Å². The van der Waals surface area contributed by atoms with E-state index in [1.165, 1.54) is 12.0 Å². The van der Waals surface area contributed by atoms with Crippen molar-refractivity contribution >= 4 is 5.97 Å². The van der Waals surface area contributed by atoms with Gasteiger partial charge in [0.25, 0.3) is 0 Å². The second-order valence-corrected chi connectivity index (χ2v) is 2.43. The lowest BCUT2D eigenvalue weighted by molar-refractivity contribution is -0.137. The lowest BCUT2D eigenvalue weighted by Gasteiger charge is -2.06. The number of carbonyl (C=O) groups is 1. The second kappa shape index (κ2) is 5.96. The summed E-state index contributed by atoms with van der Waals surface area (Å²) in [5, 5.41) is 0. The van der Waals surface area contributed by atoms with E-state index in [0.717, 1.165) is 12.8 Å². The van der Waals surface area contributed by atoms with Crippen LogP contribution >= 0.6 is 0 Å². The topological polar surface area (TPSA) is 26.3 Å². The highest BCUT2D eigenvalue weighted by Crippen LogP contribution is 2.08. The molecule has 0 amide bonds. The van der Waals surface area contributed by atoms with Crippen molar-refractivity contribution in [1.82, 2.24) is 0 Å². The largest absolute Gasteiger partial charge is 0.463 e. The van der Waals surface area contributed by atoms with Crippen LogP contribution in [0.3, 0.4) is 0 Å². The SMILES string of the molecule is C=CC(=O)OCC[C](C)CC. The number of esters is 1. The first-order valence-electron chi connectivity index (χ1n) is 3.81. The van der Waals surface area contributed by atoms with Crippen molar-refractivity contribution in [3.05, 3.63) is 18.6 Å². The molecular formula is C9H15O2. The quantitative estimate of drug-likeness (QED) is 0.449. The maximum atomic E-state index is 10.5. The van der Waals surface area contributed by atoms with Gasteiger partial charge in [0.2, 0.25) is 0 Å². The van der Waals surface area contributed by atoms with Crippen molar-refractivity contribution in [2.75, 3.05) is 6.61 Å². The third-order valence-corrected chi connectivity index (χ3v) is 1.54. The molecule has 0 atom stereocenters. The van der Waals surface area contributed by atoms with Crippen LogP contribution in [0.15, 0.2) is 12.7 Å². The van der Waals surface area contributed by atoms with Crippen molar-refractivity contribution in [2.45, 2.75) is 26.7 Å². The average Bonchev–Trinajstić information content (AvgIpc) is 2.04. The molecule has 0 saturated carbocycles. The van der Waals surface area contributed by atoms with Crippen LogP contribution in [0.2, 0.25) is 0 Å². The molecule has 0 saturated heterocycles. The Labute approximate surface area is 68.2 Å². The molecule has 0 unspecified atom stereocenters. The predicted octanol–water partition coefficient (Wildman–Crippen LogP) is 2.11. The fourth-order valence-electron chi connectivity index (χ4n) is 0.562. The molecule has 0 spiro atoms. The van der Waals surface area contributed by atoms with Crippen molar-refractivity contribution in [2.24, 2.45) is 0 Å². The summed E-state index contributed by atoms with van der Waals surface area (Å²) in [5.74, 6) is 1.01. The maximum Gasteiger partial charge on any atom is 0.330 e. The number of hydrogen-bond acceptors (Lipinski definition) is 2. The van der Waals surface area contributed by atoms with Gasteiger partial charge in [-0.2, -0.15) is 0 Å². The van der Waals surface area contributed by atoms with Gasteiger partial charge in [0.05, 0.1) is 6.61 Å². The number of rotatable bonds is 5. The van der Waals surface area contributed by atoms with E-state index in [0.29, 0.717) is 6.61 Å². The first-order chi connectivity index (χ1) is 5.20. The number of ether oxygens (including phenoxy) is 1. The first kappa shape index (κ1) is 10.2. The van der Waals surface area contributed by atoms with Gasteiger partial charge < -0.3 is 4.74 Å². The monoisotopic (exact) mass is 155 g/mol. The summed E-state index contributed by atoms with van der Waals surface area (Å²) < 4.78 is 4.79. The molecule has 0 aliphatic heterocycles. The summed E-state index contributed by atoms with van der Waals surface area (Å²) in [6, 6.07) is 0. The summed E-state index contributed by atoms with van der Waals surface area (Å²) in [6.45, 7) is 7.92. The van der Waals surface area contributed by atoms with Gasteiger partial charge >= 0.3 is 5.97 Å². The molecule has 0 aromatic rings. The Balaban J connectivity index is 3.26. The Morgan fingerprint density at radius 1 is 1.64 bits per heavy atom. The summed E-state index contributed by atoms with van der Waals surface area (Å²) >= 11 is 0. The molecule has 63 valence electrons. The van der Waals surface area contributed by atoms with Crippen LogP contribution in [0, 0.1) is 5.92 Å². The summed E-state index contributed by atoms with van der Waals surface area (Å²) in [6.07, 6.45) is 3.09. The smallest absolute Gasteiger partial charge is 0.330 e. The number of carbonyl (C=O) groups excluding carboxylic acids is 1. The number of hydrogen-bond donors (Lipinski definition) is 0. The lowest BCUT2D eigenvalue weighted by Crippen LogP contribution is -2.04.